The first kappa shape index (κ1) is 17.8. The van der Waals surface area contributed by atoms with E-state index in [1.807, 2.05) is 19.1 Å². The molecule has 0 amide bonds. The Hall–Kier alpha value is -2.50. The van der Waals surface area contributed by atoms with Crippen LogP contribution in [0.3, 0.4) is 0 Å². The second kappa shape index (κ2) is 6.19. The van der Waals surface area contributed by atoms with Crippen LogP contribution in [0.1, 0.15) is 38.6 Å². The Morgan fingerprint density at radius 3 is 2.21 bits per heavy atom. The first-order chi connectivity index (χ1) is 11.1. The Morgan fingerprint density at radius 2 is 1.75 bits per heavy atom. The molecule has 1 heterocycles. The summed E-state index contributed by atoms with van der Waals surface area (Å²) in [5.41, 5.74) is 2.72. The predicted octanol–water partition coefficient (Wildman–Crippen LogP) is 1.57. The van der Waals surface area contributed by atoms with Crippen molar-refractivity contribution in [2.24, 2.45) is 0 Å². The maximum absolute atomic E-state index is 12.9. The van der Waals surface area contributed by atoms with Crippen LogP contribution in [0, 0.1) is 32.1 Å². The van der Waals surface area contributed by atoms with Crippen LogP contribution in [-0.2, 0) is 10.2 Å². The molecule has 0 fully saturated rings. The van der Waals surface area contributed by atoms with Crippen molar-refractivity contribution in [1.29, 1.82) is 5.26 Å². The predicted molar refractivity (Wildman–Crippen MR) is 89.0 cm³/mol. The van der Waals surface area contributed by atoms with E-state index in [1.54, 1.807) is 19.9 Å². The van der Waals surface area contributed by atoms with Gasteiger partial charge >= 0.3 is 10.2 Å². The van der Waals surface area contributed by atoms with Gasteiger partial charge in [0.25, 0.3) is 0 Å². The number of hydrogen-bond acceptors (Lipinski definition) is 5. The average molecular weight is 346 g/mol. The number of nitrogens with zero attached hydrogens (tertiary/aromatic N) is 4. The molecule has 0 bridgehead atoms. The zero-order valence-corrected chi connectivity index (χ0v) is 15.0. The Kier molecular flexibility index (Phi) is 4.60. The lowest BCUT2D eigenvalue weighted by Gasteiger charge is -2.15. The van der Waals surface area contributed by atoms with Gasteiger partial charge in [0.05, 0.1) is 6.20 Å². The van der Waals surface area contributed by atoms with Gasteiger partial charge in [-0.2, -0.15) is 18.0 Å². The van der Waals surface area contributed by atoms with E-state index >= 15 is 0 Å². The highest BCUT2D eigenvalue weighted by Crippen LogP contribution is 2.21. The van der Waals surface area contributed by atoms with Crippen LogP contribution in [0.2, 0.25) is 0 Å². The molecule has 0 aliphatic rings. The highest BCUT2D eigenvalue weighted by Gasteiger charge is 2.28. The van der Waals surface area contributed by atoms with Crippen molar-refractivity contribution in [2.45, 2.75) is 20.8 Å². The van der Waals surface area contributed by atoms with Crippen molar-refractivity contribution in [3.05, 3.63) is 52.1 Å². The molecule has 0 spiro atoms. The highest BCUT2D eigenvalue weighted by atomic mass is 32.2. The topological polar surface area (TPSA) is 96.1 Å². The van der Waals surface area contributed by atoms with Gasteiger partial charge in [0.1, 0.15) is 6.07 Å². The largest absolute Gasteiger partial charge is 0.308 e. The van der Waals surface area contributed by atoms with Crippen molar-refractivity contribution >= 4 is 16.0 Å². The van der Waals surface area contributed by atoms with Crippen molar-refractivity contribution in [1.82, 2.24) is 13.3 Å². The zero-order valence-electron chi connectivity index (χ0n) is 14.2. The third-order valence-corrected chi connectivity index (χ3v) is 5.30. The summed E-state index contributed by atoms with van der Waals surface area (Å²) in [6.07, 6.45) is 1.06. The molecule has 0 aliphatic heterocycles. The van der Waals surface area contributed by atoms with Gasteiger partial charge in [-0.25, -0.2) is 8.96 Å². The Balaban J connectivity index is 2.73. The van der Waals surface area contributed by atoms with Crippen LogP contribution in [0.4, 0.5) is 0 Å². The Labute approximate surface area is 141 Å². The van der Waals surface area contributed by atoms with Gasteiger partial charge in [-0.05, 0) is 31.9 Å². The minimum atomic E-state index is -3.97. The molecule has 0 saturated heterocycles. The molecule has 2 aromatic rings. The highest BCUT2D eigenvalue weighted by molar-refractivity contribution is 7.87. The molecule has 0 radical (unpaired) electrons. The second-order valence-electron chi connectivity index (χ2n) is 5.75. The van der Waals surface area contributed by atoms with E-state index in [9.17, 15) is 13.2 Å². The van der Waals surface area contributed by atoms with Gasteiger partial charge in [-0.1, -0.05) is 17.7 Å². The number of imidazole rings is 1. The lowest BCUT2D eigenvalue weighted by Crippen LogP contribution is -2.31. The molecule has 1 aromatic heterocycles. The zero-order chi connectivity index (χ0) is 18.2. The molecule has 0 aliphatic carbocycles. The van der Waals surface area contributed by atoms with Gasteiger partial charge in [0, 0.05) is 19.7 Å². The van der Waals surface area contributed by atoms with E-state index in [-0.39, 0.29) is 11.5 Å². The van der Waals surface area contributed by atoms with Crippen LogP contribution >= 0.6 is 0 Å². The lowest BCUT2D eigenvalue weighted by molar-refractivity contribution is 0.102. The quantitative estimate of drug-likeness (QED) is 0.783. The summed E-state index contributed by atoms with van der Waals surface area (Å²) in [4.78, 5) is 16.8. The number of hydrogen-bond donors (Lipinski definition) is 0. The van der Waals surface area contributed by atoms with E-state index in [0.29, 0.717) is 5.56 Å². The lowest BCUT2D eigenvalue weighted by atomic mass is 9.96. The van der Waals surface area contributed by atoms with Gasteiger partial charge in [-0.15, -0.1) is 0 Å². The number of carbonyl (C=O) groups excluding carboxylic acids is 1. The van der Waals surface area contributed by atoms with Gasteiger partial charge < -0.3 is 0 Å². The van der Waals surface area contributed by atoms with E-state index in [0.717, 1.165) is 31.2 Å². The number of carbonyl (C=O) groups is 1. The van der Waals surface area contributed by atoms with Crippen molar-refractivity contribution in [3.8, 4) is 6.07 Å². The maximum Gasteiger partial charge on any atom is 0.308 e. The van der Waals surface area contributed by atoms with Crippen LogP contribution in [-0.4, -0.2) is 41.6 Å². The number of rotatable bonds is 4. The molecule has 24 heavy (non-hydrogen) atoms. The van der Waals surface area contributed by atoms with Gasteiger partial charge in [-0.3, -0.25) is 4.79 Å². The van der Waals surface area contributed by atoms with Crippen LogP contribution in [0.5, 0.6) is 0 Å². The number of ketones is 1. The molecular formula is C16H18N4O3S. The van der Waals surface area contributed by atoms with E-state index in [4.69, 9.17) is 5.26 Å². The summed E-state index contributed by atoms with van der Waals surface area (Å²) < 4.78 is 26.6. The molecular weight excluding hydrogens is 328 g/mol. The fourth-order valence-electron chi connectivity index (χ4n) is 2.57. The normalized spacial score (nSPS) is 11.5. The number of benzene rings is 1. The Morgan fingerprint density at radius 1 is 1.21 bits per heavy atom. The minimum Gasteiger partial charge on any atom is -0.285 e. The molecule has 126 valence electrons. The number of nitriles is 1. The third kappa shape index (κ3) is 2.96. The van der Waals surface area contributed by atoms with E-state index in [2.05, 4.69) is 4.98 Å². The summed E-state index contributed by atoms with van der Waals surface area (Å²) >= 11 is 0. The molecule has 1 aromatic carbocycles. The molecule has 0 unspecified atom stereocenters. The summed E-state index contributed by atoms with van der Waals surface area (Å²) in [7, 11) is -1.28. The van der Waals surface area contributed by atoms with E-state index in [1.165, 1.54) is 14.1 Å². The molecule has 0 saturated carbocycles. The van der Waals surface area contributed by atoms with Crippen LogP contribution in [0.15, 0.2) is 18.3 Å². The summed E-state index contributed by atoms with van der Waals surface area (Å²) in [5.74, 6) is -0.827. The minimum absolute atomic E-state index is 0.133. The monoisotopic (exact) mass is 346 g/mol. The van der Waals surface area contributed by atoms with Crippen LogP contribution < -0.4 is 0 Å². The number of aryl methyl sites for hydroxylation is 3. The van der Waals surface area contributed by atoms with Crippen molar-refractivity contribution in [2.75, 3.05) is 14.1 Å². The summed E-state index contributed by atoms with van der Waals surface area (Å²) in [6, 6.07) is 5.47. The molecule has 0 atom stereocenters. The summed E-state index contributed by atoms with van der Waals surface area (Å²) in [6.45, 7) is 5.48. The molecule has 8 heteroatoms. The van der Waals surface area contributed by atoms with Crippen molar-refractivity contribution < 1.29 is 13.2 Å². The standard InChI is InChI=1S/C16H18N4O3S/c1-10-6-11(2)14(12(3)7-10)15(21)16-18-13(8-17)9-20(16)24(22,23)19(4)5/h6-7,9H,1-5H3. The number of aromatic nitrogens is 2. The SMILES string of the molecule is Cc1cc(C)c(C(=O)c2nc(C#N)cn2S(=O)(=O)N(C)C)c(C)c1. The molecule has 0 N–H and O–H groups in total. The van der Waals surface area contributed by atoms with Gasteiger partial charge in [0.2, 0.25) is 5.78 Å². The Bertz CT molecular complexity index is 943. The first-order valence-electron chi connectivity index (χ1n) is 7.14. The summed E-state index contributed by atoms with van der Waals surface area (Å²) in [5, 5.41) is 9.03. The fraction of sp³-hybridized carbons (Fsp3) is 0.312. The van der Waals surface area contributed by atoms with Gasteiger partial charge in [0.15, 0.2) is 11.5 Å². The fourth-order valence-corrected chi connectivity index (χ4v) is 3.50. The smallest absolute Gasteiger partial charge is 0.285 e. The first-order valence-corrected chi connectivity index (χ1v) is 8.54. The van der Waals surface area contributed by atoms with Crippen LogP contribution in [0.25, 0.3) is 0 Å². The molecule has 2 rings (SSSR count). The second-order valence-corrected chi connectivity index (χ2v) is 7.77. The molecule has 7 nitrogen and oxygen atoms in total. The average Bonchev–Trinajstić information content (AvgIpc) is 2.90. The maximum atomic E-state index is 12.9. The third-order valence-electron chi connectivity index (χ3n) is 3.61. The van der Waals surface area contributed by atoms with E-state index < -0.39 is 16.0 Å². The van der Waals surface area contributed by atoms with Crippen molar-refractivity contribution in [3.63, 3.8) is 0 Å².